The van der Waals surface area contributed by atoms with Crippen LogP contribution in [0.2, 0.25) is 0 Å². The average molecular weight is 667 g/mol. The number of amides is 2. The van der Waals surface area contributed by atoms with Gasteiger partial charge in [-0.1, -0.05) is 53.7 Å². The molecule has 0 aliphatic carbocycles. The van der Waals surface area contributed by atoms with Gasteiger partial charge in [0.2, 0.25) is 0 Å². The van der Waals surface area contributed by atoms with Gasteiger partial charge in [0.15, 0.2) is 0 Å². The predicted octanol–water partition coefficient (Wildman–Crippen LogP) is 6.64. The molecule has 1 atom stereocenters. The molecule has 0 radical (unpaired) electrons. The van der Waals surface area contributed by atoms with E-state index in [0.29, 0.717) is 36.7 Å². The summed E-state index contributed by atoms with van der Waals surface area (Å²) in [6.45, 7) is 9.86. The molecule has 250 valence electrons. The van der Waals surface area contributed by atoms with Gasteiger partial charge in [-0.05, 0) is 51.5 Å². The van der Waals surface area contributed by atoms with E-state index in [4.69, 9.17) is 9.57 Å². The standard InChI is InChI=1S/C37H42N6O4S/c1-37(2,3)47-36(45)42-21-19-41(20-22-42)17-9-23-46-40-33(27-10-5-4-6-11-27)28-12-7-14-30(24-28)39-34(44)31-15-18-43-32(31)26-48-35(43)29-13-8-16-38-25-29/h4-8,10-16,18,24-25,35H,9,17,19-23,26H2,1-3H3,(H,39,44). The number of carbonyl (C=O) groups is 2. The number of pyridine rings is 1. The summed E-state index contributed by atoms with van der Waals surface area (Å²) in [4.78, 5) is 40.1. The van der Waals surface area contributed by atoms with Crippen molar-refractivity contribution in [1.29, 1.82) is 0 Å². The van der Waals surface area contributed by atoms with E-state index in [1.807, 2.05) is 99.9 Å². The summed E-state index contributed by atoms with van der Waals surface area (Å²) in [6.07, 6.45) is 6.19. The third-order valence-corrected chi connectivity index (χ3v) is 9.46. The van der Waals surface area contributed by atoms with Gasteiger partial charge < -0.3 is 24.4 Å². The van der Waals surface area contributed by atoms with Crippen LogP contribution in [0.25, 0.3) is 0 Å². The first-order valence-corrected chi connectivity index (χ1v) is 17.4. The Balaban J connectivity index is 1.06. The molecular formula is C37H42N6O4S. The largest absolute Gasteiger partial charge is 0.444 e. The SMILES string of the molecule is CC(C)(C)OC(=O)N1CCN(CCCON=C(c2ccccc2)c2cccc(NC(=O)c3ccn4c3CSC4c3cccnc3)c2)CC1. The summed E-state index contributed by atoms with van der Waals surface area (Å²) in [6, 6.07) is 23.5. The Hall–Kier alpha value is -4.61. The highest BCUT2D eigenvalue weighted by Crippen LogP contribution is 2.42. The molecule has 4 aromatic rings. The monoisotopic (exact) mass is 666 g/mol. The van der Waals surface area contributed by atoms with E-state index >= 15 is 0 Å². The van der Waals surface area contributed by atoms with Gasteiger partial charge in [-0.3, -0.25) is 14.7 Å². The fraction of sp³-hybridized carbons (Fsp3) is 0.351. The van der Waals surface area contributed by atoms with Crippen LogP contribution in [0, 0.1) is 0 Å². The molecule has 2 amide bonds. The van der Waals surface area contributed by atoms with E-state index in [-0.39, 0.29) is 17.4 Å². The van der Waals surface area contributed by atoms with Crippen LogP contribution in [-0.4, -0.2) is 82.0 Å². The molecule has 0 saturated carbocycles. The number of hydrogen-bond donors (Lipinski definition) is 1. The fourth-order valence-corrected chi connectivity index (χ4v) is 7.14. The zero-order chi connectivity index (χ0) is 33.5. The van der Waals surface area contributed by atoms with Crippen molar-refractivity contribution in [2.75, 3.05) is 44.6 Å². The Morgan fingerprint density at radius 1 is 0.979 bits per heavy atom. The minimum absolute atomic E-state index is 0.109. The number of piperazine rings is 1. The lowest BCUT2D eigenvalue weighted by Gasteiger charge is -2.35. The Kier molecular flexibility index (Phi) is 10.5. The number of hydrogen-bond acceptors (Lipinski definition) is 8. The number of rotatable bonds is 10. The lowest BCUT2D eigenvalue weighted by Crippen LogP contribution is -2.50. The second-order valence-corrected chi connectivity index (χ2v) is 13.9. The van der Waals surface area contributed by atoms with Crippen LogP contribution in [0.1, 0.15) is 65.3 Å². The van der Waals surface area contributed by atoms with Crippen molar-refractivity contribution in [3.05, 3.63) is 119 Å². The first-order valence-electron chi connectivity index (χ1n) is 16.3. The molecule has 1 saturated heterocycles. The predicted molar refractivity (Wildman–Crippen MR) is 189 cm³/mol. The van der Waals surface area contributed by atoms with Crippen LogP contribution in [0.15, 0.2) is 96.5 Å². The molecule has 48 heavy (non-hydrogen) atoms. The number of nitrogens with zero attached hydrogens (tertiary/aromatic N) is 5. The maximum absolute atomic E-state index is 13.5. The third kappa shape index (κ3) is 8.26. The molecule has 6 rings (SSSR count). The zero-order valence-corrected chi connectivity index (χ0v) is 28.5. The van der Waals surface area contributed by atoms with E-state index in [2.05, 4.69) is 31.0 Å². The Labute approximate surface area is 286 Å². The number of anilines is 1. The topological polar surface area (TPSA) is 101 Å². The molecular weight excluding hydrogens is 625 g/mol. The molecule has 1 fully saturated rings. The van der Waals surface area contributed by atoms with Gasteiger partial charge in [0.25, 0.3) is 5.91 Å². The number of aromatic nitrogens is 2. The van der Waals surface area contributed by atoms with E-state index in [9.17, 15) is 9.59 Å². The molecule has 2 aliphatic rings. The molecule has 10 nitrogen and oxygen atoms in total. The molecule has 11 heteroatoms. The number of fused-ring (bicyclic) bond motifs is 1. The van der Waals surface area contributed by atoms with Gasteiger partial charge in [0, 0.05) is 85.1 Å². The summed E-state index contributed by atoms with van der Waals surface area (Å²) in [7, 11) is 0. The first kappa shape index (κ1) is 33.3. The Morgan fingerprint density at radius 2 is 1.77 bits per heavy atom. The van der Waals surface area contributed by atoms with Crippen LogP contribution in [0.5, 0.6) is 0 Å². The summed E-state index contributed by atoms with van der Waals surface area (Å²) in [5.74, 6) is 0.606. The highest BCUT2D eigenvalue weighted by Gasteiger charge is 2.29. The van der Waals surface area contributed by atoms with Crippen molar-refractivity contribution in [2.45, 2.75) is 43.9 Å². The summed E-state index contributed by atoms with van der Waals surface area (Å²) in [5.41, 5.74) is 5.44. The quantitative estimate of drug-likeness (QED) is 0.115. The van der Waals surface area contributed by atoms with Gasteiger partial charge >= 0.3 is 6.09 Å². The molecule has 2 aromatic heterocycles. The second kappa shape index (κ2) is 15.1. The number of oxime groups is 1. The number of nitrogens with one attached hydrogen (secondary N) is 1. The van der Waals surface area contributed by atoms with Crippen LogP contribution in [0.3, 0.4) is 0 Å². The highest BCUT2D eigenvalue weighted by molar-refractivity contribution is 7.99. The minimum Gasteiger partial charge on any atom is -0.444 e. The first-order chi connectivity index (χ1) is 23.2. The van der Waals surface area contributed by atoms with Crippen LogP contribution in [0.4, 0.5) is 10.5 Å². The smallest absolute Gasteiger partial charge is 0.410 e. The average Bonchev–Trinajstić information content (AvgIpc) is 3.70. The number of benzene rings is 2. The van der Waals surface area contributed by atoms with Crippen molar-refractivity contribution >= 4 is 35.2 Å². The maximum atomic E-state index is 13.5. The van der Waals surface area contributed by atoms with Gasteiger partial charge in [0.1, 0.15) is 23.3 Å². The van der Waals surface area contributed by atoms with E-state index in [1.165, 1.54) is 0 Å². The van der Waals surface area contributed by atoms with Crippen molar-refractivity contribution < 1.29 is 19.2 Å². The van der Waals surface area contributed by atoms with Gasteiger partial charge in [-0.25, -0.2) is 4.79 Å². The number of ether oxygens (including phenoxy) is 1. The normalized spacial score (nSPS) is 16.8. The molecule has 2 aromatic carbocycles. The molecule has 1 unspecified atom stereocenters. The number of carbonyl (C=O) groups excluding carboxylic acids is 2. The molecule has 2 aliphatic heterocycles. The number of thioether (sulfide) groups is 1. The van der Waals surface area contributed by atoms with E-state index < -0.39 is 5.60 Å². The van der Waals surface area contributed by atoms with E-state index in [0.717, 1.165) is 54.2 Å². The minimum atomic E-state index is -0.492. The van der Waals surface area contributed by atoms with Crippen molar-refractivity contribution in [1.82, 2.24) is 19.4 Å². The van der Waals surface area contributed by atoms with Gasteiger partial charge in [0.05, 0.1) is 5.56 Å². The highest BCUT2D eigenvalue weighted by atomic mass is 32.2. The molecule has 4 heterocycles. The van der Waals surface area contributed by atoms with Crippen LogP contribution < -0.4 is 5.32 Å². The van der Waals surface area contributed by atoms with Crippen molar-refractivity contribution in [2.24, 2.45) is 5.16 Å². The molecule has 0 spiro atoms. The fourth-order valence-electron chi connectivity index (χ4n) is 5.83. The van der Waals surface area contributed by atoms with Gasteiger partial charge in [-0.2, -0.15) is 0 Å². The molecule has 1 N–H and O–H groups in total. The van der Waals surface area contributed by atoms with Crippen LogP contribution in [-0.2, 0) is 15.3 Å². The Morgan fingerprint density at radius 3 is 2.52 bits per heavy atom. The zero-order valence-electron chi connectivity index (χ0n) is 27.7. The van der Waals surface area contributed by atoms with Crippen molar-refractivity contribution in [3.8, 4) is 0 Å². The van der Waals surface area contributed by atoms with Crippen molar-refractivity contribution in [3.63, 3.8) is 0 Å². The second-order valence-electron chi connectivity index (χ2n) is 12.9. The van der Waals surface area contributed by atoms with Gasteiger partial charge in [-0.15, -0.1) is 11.8 Å². The lowest BCUT2D eigenvalue weighted by molar-refractivity contribution is 0.0137. The Bertz CT molecular complexity index is 1730. The van der Waals surface area contributed by atoms with E-state index in [1.54, 1.807) is 22.9 Å². The maximum Gasteiger partial charge on any atom is 0.410 e. The summed E-state index contributed by atoms with van der Waals surface area (Å²) in [5, 5.41) is 7.79. The third-order valence-electron chi connectivity index (χ3n) is 8.20. The van der Waals surface area contributed by atoms with Crippen LogP contribution >= 0.6 is 11.8 Å². The lowest BCUT2D eigenvalue weighted by atomic mass is 10.0. The summed E-state index contributed by atoms with van der Waals surface area (Å²) < 4.78 is 7.67. The molecule has 0 bridgehead atoms. The summed E-state index contributed by atoms with van der Waals surface area (Å²) >= 11 is 1.79.